The van der Waals surface area contributed by atoms with Crippen molar-refractivity contribution in [2.75, 3.05) is 0 Å². The number of pyridine rings is 1. The second kappa shape index (κ2) is 7.33. The number of nitrogens with one attached hydrogen (secondary N) is 1. The van der Waals surface area contributed by atoms with Gasteiger partial charge in [0, 0.05) is 36.1 Å². The highest BCUT2D eigenvalue weighted by Crippen LogP contribution is 2.24. The van der Waals surface area contributed by atoms with Gasteiger partial charge in [0.15, 0.2) is 0 Å². The maximum Gasteiger partial charge on any atom is 0.387 e. The summed E-state index contributed by atoms with van der Waals surface area (Å²) in [7, 11) is 0. The van der Waals surface area contributed by atoms with E-state index < -0.39 is 6.61 Å². The van der Waals surface area contributed by atoms with Crippen LogP contribution < -0.4 is 10.1 Å². The summed E-state index contributed by atoms with van der Waals surface area (Å²) >= 11 is 5.89. The molecule has 0 fully saturated rings. The number of benzene rings is 1. The van der Waals surface area contributed by atoms with Gasteiger partial charge < -0.3 is 10.1 Å². The van der Waals surface area contributed by atoms with Crippen LogP contribution in [0.2, 0.25) is 5.02 Å². The number of alkyl halides is 2. The molecule has 21 heavy (non-hydrogen) atoms. The van der Waals surface area contributed by atoms with E-state index in [2.05, 4.69) is 15.0 Å². The summed E-state index contributed by atoms with van der Waals surface area (Å²) in [5, 5.41) is 3.65. The smallest absolute Gasteiger partial charge is 0.387 e. The lowest BCUT2D eigenvalue weighted by Crippen LogP contribution is -2.15. The molecule has 3 nitrogen and oxygen atoms in total. The fourth-order valence-corrected chi connectivity index (χ4v) is 2.11. The molecule has 0 unspecified atom stereocenters. The van der Waals surface area contributed by atoms with Crippen molar-refractivity contribution >= 4 is 11.6 Å². The zero-order valence-corrected chi connectivity index (χ0v) is 12.2. The molecule has 2 rings (SSSR count). The normalized spacial score (nSPS) is 10.9. The zero-order valence-electron chi connectivity index (χ0n) is 11.4. The van der Waals surface area contributed by atoms with Crippen LogP contribution in [-0.2, 0) is 13.1 Å². The maximum absolute atomic E-state index is 12.4. The Morgan fingerprint density at radius 2 is 2.00 bits per heavy atom. The molecule has 1 heterocycles. The van der Waals surface area contributed by atoms with Gasteiger partial charge >= 0.3 is 6.61 Å². The number of nitrogens with zero attached hydrogens (tertiary/aromatic N) is 1. The molecule has 6 heteroatoms. The number of aryl methyl sites for hydroxylation is 1. The van der Waals surface area contributed by atoms with Gasteiger partial charge in [0.05, 0.1) is 0 Å². The van der Waals surface area contributed by atoms with Crippen molar-refractivity contribution in [2.24, 2.45) is 0 Å². The summed E-state index contributed by atoms with van der Waals surface area (Å²) < 4.78 is 29.2. The highest BCUT2D eigenvalue weighted by Gasteiger charge is 2.10. The van der Waals surface area contributed by atoms with Gasteiger partial charge in [-0.3, -0.25) is 4.98 Å². The van der Waals surface area contributed by atoms with E-state index in [1.54, 1.807) is 18.5 Å². The van der Waals surface area contributed by atoms with E-state index in [0.717, 1.165) is 11.1 Å². The Morgan fingerprint density at radius 1 is 1.24 bits per heavy atom. The van der Waals surface area contributed by atoms with Crippen LogP contribution in [0.1, 0.15) is 16.7 Å². The lowest BCUT2D eigenvalue weighted by Gasteiger charge is -2.12. The minimum absolute atomic E-state index is 0.129. The van der Waals surface area contributed by atoms with Crippen molar-refractivity contribution in [3.8, 4) is 5.75 Å². The summed E-state index contributed by atoms with van der Waals surface area (Å²) in [6, 6.07) is 6.50. The van der Waals surface area contributed by atoms with Crippen LogP contribution in [0.3, 0.4) is 0 Å². The molecule has 1 aromatic heterocycles. The van der Waals surface area contributed by atoms with Gasteiger partial charge in [0.1, 0.15) is 5.75 Å². The predicted molar refractivity (Wildman–Crippen MR) is 77.6 cm³/mol. The van der Waals surface area contributed by atoms with Crippen molar-refractivity contribution in [1.29, 1.82) is 0 Å². The highest BCUT2D eigenvalue weighted by atomic mass is 35.5. The zero-order chi connectivity index (χ0) is 15.2. The monoisotopic (exact) mass is 312 g/mol. The van der Waals surface area contributed by atoms with Crippen molar-refractivity contribution in [3.05, 3.63) is 58.4 Å². The Hall–Kier alpha value is -1.72. The molecule has 0 aliphatic heterocycles. The minimum Gasteiger partial charge on any atom is -0.434 e. The van der Waals surface area contributed by atoms with Crippen molar-refractivity contribution in [2.45, 2.75) is 26.6 Å². The van der Waals surface area contributed by atoms with Gasteiger partial charge in [-0.25, -0.2) is 0 Å². The summed E-state index contributed by atoms with van der Waals surface area (Å²) in [5.41, 5.74) is 2.76. The molecule has 112 valence electrons. The van der Waals surface area contributed by atoms with Crippen LogP contribution in [0.4, 0.5) is 8.78 Å². The molecule has 0 bridgehead atoms. The van der Waals surface area contributed by atoms with E-state index in [1.165, 1.54) is 12.1 Å². The Bertz CT molecular complexity index is 608. The fraction of sp³-hybridized carbons (Fsp3) is 0.267. The third-order valence-corrected chi connectivity index (χ3v) is 3.25. The number of hydrogen-bond acceptors (Lipinski definition) is 3. The summed E-state index contributed by atoms with van der Waals surface area (Å²) in [5.74, 6) is 0.129. The van der Waals surface area contributed by atoms with Crippen LogP contribution in [0.5, 0.6) is 5.75 Å². The van der Waals surface area contributed by atoms with Crippen molar-refractivity contribution in [3.63, 3.8) is 0 Å². The molecule has 0 radical (unpaired) electrons. The van der Waals surface area contributed by atoms with Crippen LogP contribution in [0.15, 0.2) is 36.7 Å². The number of aromatic nitrogens is 1. The summed E-state index contributed by atoms with van der Waals surface area (Å²) in [4.78, 5) is 4.06. The van der Waals surface area contributed by atoms with E-state index >= 15 is 0 Å². The lowest BCUT2D eigenvalue weighted by molar-refractivity contribution is -0.0505. The van der Waals surface area contributed by atoms with Gasteiger partial charge in [0.25, 0.3) is 0 Å². The van der Waals surface area contributed by atoms with Crippen LogP contribution in [0.25, 0.3) is 0 Å². The summed E-state index contributed by atoms with van der Waals surface area (Å²) in [6.45, 7) is 0.0891. The van der Waals surface area contributed by atoms with Gasteiger partial charge in [0.2, 0.25) is 0 Å². The third-order valence-electron chi connectivity index (χ3n) is 3.02. The molecule has 1 aromatic carbocycles. The molecule has 0 atom stereocenters. The Balaban J connectivity index is 2.02. The molecule has 0 saturated heterocycles. The lowest BCUT2D eigenvalue weighted by atomic mass is 10.1. The quantitative estimate of drug-likeness (QED) is 0.877. The topological polar surface area (TPSA) is 34.2 Å². The molecule has 2 aromatic rings. The second-order valence-electron chi connectivity index (χ2n) is 4.54. The molecule has 0 saturated carbocycles. The Labute approximate surface area is 126 Å². The number of rotatable bonds is 6. The van der Waals surface area contributed by atoms with Gasteiger partial charge in [-0.15, -0.1) is 0 Å². The SMILES string of the molecule is Cc1ccncc1CNCc1cc(Cl)ccc1OC(F)F. The molecule has 0 aliphatic carbocycles. The molecule has 1 N–H and O–H groups in total. The highest BCUT2D eigenvalue weighted by molar-refractivity contribution is 6.30. The molecule has 0 spiro atoms. The van der Waals surface area contributed by atoms with E-state index in [4.69, 9.17) is 11.6 Å². The van der Waals surface area contributed by atoms with Crippen LogP contribution >= 0.6 is 11.6 Å². The third kappa shape index (κ3) is 4.65. The fourth-order valence-electron chi connectivity index (χ4n) is 1.91. The predicted octanol–water partition coefficient (Wildman–Crippen LogP) is 3.93. The Kier molecular flexibility index (Phi) is 5.47. The molecule has 0 amide bonds. The first kappa shape index (κ1) is 15.7. The first-order chi connectivity index (χ1) is 10.1. The first-order valence-electron chi connectivity index (χ1n) is 6.39. The molecule has 0 aliphatic rings. The first-order valence-corrected chi connectivity index (χ1v) is 6.77. The maximum atomic E-state index is 12.4. The number of halogens is 3. The average Bonchev–Trinajstić information content (AvgIpc) is 2.43. The average molecular weight is 313 g/mol. The van der Waals surface area contributed by atoms with Crippen LogP contribution in [-0.4, -0.2) is 11.6 Å². The van der Waals surface area contributed by atoms with E-state index in [-0.39, 0.29) is 5.75 Å². The minimum atomic E-state index is -2.86. The standard InChI is InChI=1S/C15H15ClF2N2O/c1-10-4-5-19-8-12(10)9-20-7-11-6-13(16)2-3-14(11)21-15(17)18/h2-6,8,15,20H,7,9H2,1H3. The van der Waals surface area contributed by atoms with E-state index in [1.807, 2.05) is 13.0 Å². The second-order valence-corrected chi connectivity index (χ2v) is 4.97. The van der Waals surface area contributed by atoms with Gasteiger partial charge in [-0.05, 0) is 42.3 Å². The number of hydrogen-bond donors (Lipinski definition) is 1. The molecular formula is C15H15ClF2N2O. The van der Waals surface area contributed by atoms with E-state index in [9.17, 15) is 8.78 Å². The van der Waals surface area contributed by atoms with E-state index in [0.29, 0.717) is 23.7 Å². The molecular weight excluding hydrogens is 298 g/mol. The van der Waals surface area contributed by atoms with Crippen LogP contribution in [0, 0.1) is 6.92 Å². The number of ether oxygens (including phenoxy) is 1. The van der Waals surface area contributed by atoms with Crippen molar-refractivity contribution < 1.29 is 13.5 Å². The van der Waals surface area contributed by atoms with Gasteiger partial charge in [-0.2, -0.15) is 8.78 Å². The van der Waals surface area contributed by atoms with Gasteiger partial charge in [-0.1, -0.05) is 11.6 Å². The largest absolute Gasteiger partial charge is 0.434 e. The Morgan fingerprint density at radius 3 is 2.71 bits per heavy atom. The summed E-state index contributed by atoms with van der Waals surface area (Å²) in [6.07, 6.45) is 3.50. The van der Waals surface area contributed by atoms with Crippen molar-refractivity contribution in [1.82, 2.24) is 10.3 Å².